The molecule has 6 rings (SSSR count). The molecule has 0 radical (unpaired) electrons. The average Bonchev–Trinajstić information content (AvgIpc) is 3.67. The zero-order valence-corrected chi connectivity index (χ0v) is 22.5. The summed E-state index contributed by atoms with van der Waals surface area (Å²) in [6, 6.07) is 13.4. The van der Waals surface area contributed by atoms with Gasteiger partial charge in [0.15, 0.2) is 0 Å². The van der Waals surface area contributed by atoms with E-state index in [0.29, 0.717) is 48.4 Å². The molecule has 5 aromatic rings. The molecule has 3 aromatic heterocycles. The summed E-state index contributed by atoms with van der Waals surface area (Å²) in [4.78, 5) is 51.2. The lowest BCUT2D eigenvalue weighted by Crippen LogP contribution is -2.50. The van der Waals surface area contributed by atoms with Crippen LogP contribution in [0.4, 0.5) is 5.82 Å². The Bertz CT molecular complexity index is 1780. The summed E-state index contributed by atoms with van der Waals surface area (Å²) in [6.45, 7) is 1.80. The molecule has 2 amide bonds. The summed E-state index contributed by atoms with van der Waals surface area (Å²) in [6.07, 6.45) is 3.29. The van der Waals surface area contributed by atoms with E-state index >= 15 is 0 Å². The Hall–Kier alpha value is -5.33. The molecule has 0 atom stereocenters. The lowest BCUT2D eigenvalue weighted by Gasteiger charge is -2.35. The van der Waals surface area contributed by atoms with Gasteiger partial charge in [0, 0.05) is 56.6 Å². The van der Waals surface area contributed by atoms with Gasteiger partial charge in [0.2, 0.25) is 11.7 Å². The molecule has 0 saturated carbocycles. The zero-order chi connectivity index (χ0) is 28.5. The van der Waals surface area contributed by atoms with Gasteiger partial charge in [-0.15, -0.1) is 10.2 Å². The van der Waals surface area contributed by atoms with Gasteiger partial charge in [0.05, 0.1) is 23.6 Å². The Kier molecular flexibility index (Phi) is 6.75. The minimum atomic E-state index is -0.639. The van der Waals surface area contributed by atoms with Crippen LogP contribution in [-0.4, -0.2) is 93.0 Å². The number of aromatic nitrogens is 6. The normalized spacial score (nSPS) is 13.5. The molecule has 1 aliphatic heterocycles. The second-order valence-electron chi connectivity index (χ2n) is 9.55. The molecule has 41 heavy (non-hydrogen) atoms. The van der Waals surface area contributed by atoms with E-state index in [1.165, 1.54) is 25.2 Å². The van der Waals surface area contributed by atoms with Gasteiger partial charge in [-0.1, -0.05) is 24.3 Å². The molecule has 13 heteroatoms. The number of piperazine rings is 1. The molecular formula is C28H27N9O4. The summed E-state index contributed by atoms with van der Waals surface area (Å²) in [7, 11) is 3.02. The number of anilines is 1. The molecule has 1 fully saturated rings. The molecule has 208 valence electrons. The lowest BCUT2D eigenvalue weighted by molar-refractivity contribution is -0.126. The molecule has 13 nitrogen and oxygen atoms in total. The summed E-state index contributed by atoms with van der Waals surface area (Å²) in [5.74, 6) is 0.0569. The number of rotatable bonds is 7. The van der Waals surface area contributed by atoms with Crippen molar-refractivity contribution in [3.05, 3.63) is 60.4 Å². The standard InChI is InChI=1S/C28H27N9O4/c1-29-22(38)16-37-33-26(32-34-37)19-7-8-21(41-2)23-20(15-31-24(19)23)25(39)28(40)36-13-11-35(12-14-36)27-18-6-4-3-5-17(18)9-10-30-27/h3-10,15,31H,11-14,16H2,1-2H3,(H,29,38). The van der Waals surface area contributed by atoms with Gasteiger partial charge in [-0.2, -0.15) is 4.80 Å². The van der Waals surface area contributed by atoms with Crippen LogP contribution in [0.3, 0.4) is 0 Å². The number of pyridine rings is 1. The quantitative estimate of drug-likeness (QED) is 0.226. The highest BCUT2D eigenvalue weighted by atomic mass is 16.5. The van der Waals surface area contributed by atoms with Crippen LogP contribution in [0.2, 0.25) is 0 Å². The number of nitrogens with zero attached hydrogens (tertiary/aromatic N) is 7. The van der Waals surface area contributed by atoms with E-state index in [4.69, 9.17) is 4.74 Å². The van der Waals surface area contributed by atoms with Crippen LogP contribution in [0.25, 0.3) is 33.1 Å². The molecule has 2 N–H and O–H groups in total. The Balaban J connectivity index is 1.23. The molecule has 0 unspecified atom stereocenters. The summed E-state index contributed by atoms with van der Waals surface area (Å²) < 4.78 is 5.54. The van der Waals surface area contributed by atoms with Crippen LogP contribution in [0, 0.1) is 0 Å². The van der Waals surface area contributed by atoms with E-state index in [2.05, 4.69) is 35.6 Å². The summed E-state index contributed by atoms with van der Waals surface area (Å²) in [5.41, 5.74) is 1.26. The number of fused-ring (bicyclic) bond motifs is 2. The Labute approximate surface area is 234 Å². The van der Waals surface area contributed by atoms with Crippen molar-refractivity contribution in [3.63, 3.8) is 0 Å². The highest BCUT2D eigenvalue weighted by molar-refractivity contribution is 6.45. The first-order chi connectivity index (χ1) is 20.0. The number of hydrogen-bond acceptors (Lipinski definition) is 9. The first-order valence-electron chi connectivity index (χ1n) is 13.1. The zero-order valence-electron chi connectivity index (χ0n) is 22.5. The largest absolute Gasteiger partial charge is 0.496 e. The molecule has 1 saturated heterocycles. The fraction of sp³-hybridized carbons (Fsp3) is 0.250. The number of nitrogens with one attached hydrogen (secondary N) is 2. The van der Waals surface area contributed by atoms with Gasteiger partial charge in [0.25, 0.3) is 11.7 Å². The molecule has 0 bridgehead atoms. The maximum Gasteiger partial charge on any atom is 0.295 e. The third-order valence-corrected chi connectivity index (χ3v) is 7.23. The smallest absolute Gasteiger partial charge is 0.295 e. The van der Waals surface area contributed by atoms with Crippen LogP contribution in [0.1, 0.15) is 10.4 Å². The predicted octanol–water partition coefficient (Wildman–Crippen LogP) is 1.66. The molecule has 0 spiro atoms. The van der Waals surface area contributed by atoms with Gasteiger partial charge in [-0.3, -0.25) is 14.4 Å². The SMILES string of the molecule is CNC(=O)Cn1nnc(-c2ccc(OC)c3c(C(=O)C(=O)N4CCN(c5nccc6ccccc56)CC4)c[nH]c23)n1. The predicted molar refractivity (Wildman–Crippen MR) is 151 cm³/mol. The van der Waals surface area contributed by atoms with Gasteiger partial charge in [0.1, 0.15) is 18.1 Å². The van der Waals surface area contributed by atoms with Crippen molar-refractivity contribution in [2.24, 2.45) is 0 Å². The first-order valence-corrected chi connectivity index (χ1v) is 13.1. The van der Waals surface area contributed by atoms with E-state index in [9.17, 15) is 14.4 Å². The van der Waals surface area contributed by atoms with Crippen LogP contribution in [0.5, 0.6) is 5.75 Å². The Morgan fingerprint density at radius 3 is 2.63 bits per heavy atom. The number of aromatic amines is 1. The first kappa shape index (κ1) is 25.9. The van der Waals surface area contributed by atoms with Crippen molar-refractivity contribution in [1.82, 2.24) is 40.4 Å². The number of ether oxygens (including phenoxy) is 1. The van der Waals surface area contributed by atoms with Gasteiger partial charge >= 0.3 is 0 Å². The lowest BCUT2D eigenvalue weighted by atomic mass is 10.0. The van der Waals surface area contributed by atoms with Gasteiger partial charge < -0.3 is 24.8 Å². The third-order valence-electron chi connectivity index (χ3n) is 7.23. The van der Waals surface area contributed by atoms with E-state index in [-0.39, 0.29) is 23.8 Å². The number of hydrogen-bond donors (Lipinski definition) is 2. The number of ketones is 1. The van der Waals surface area contributed by atoms with Crippen molar-refractivity contribution in [2.45, 2.75) is 6.54 Å². The van der Waals surface area contributed by atoms with E-state index in [1.54, 1.807) is 23.2 Å². The fourth-order valence-corrected chi connectivity index (χ4v) is 5.11. The van der Waals surface area contributed by atoms with Crippen LogP contribution in [0.15, 0.2) is 54.9 Å². The van der Waals surface area contributed by atoms with E-state index in [1.807, 2.05) is 30.3 Å². The second-order valence-corrected chi connectivity index (χ2v) is 9.55. The minimum Gasteiger partial charge on any atom is -0.496 e. The average molecular weight is 554 g/mol. The molecule has 2 aromatic carbocycles. The second kappa shape index (κ2) is 10.7. The maximum absolute atomic E-state index is 13.5. The number of amides is 2. The van der Waals surface area contributed by atoms with Crippen LogP contribution in [-0.2, 0) is 16.1 Å². The molecular weight excluding hydrogens is 526 g/mol. The highest BCUT2D eigenvalue weighted by Crippen LogP contribution is 2.35. The number of tetrazole rings is 1. The van der Waals surface area contributed by atoms with Crippen molar-refractivity contribution in [1.29, 1.82) is 0 Å². The number of likely N-dealkylation sites (N-methyl/N-ethyl adjacent to an activating group) is 1. The van der Waals surface area contributed by atoms with Crippen molar-refractivity contribution in [3.8, 4) is 17.1 Å². The number of Topliss-reactive ketones (excluding diaryl/α,β-unsaturated/α-hetero) is 1. The summed E-state index contributed by atoms with van der Waals surface area (Å²) in [5, 5.41) is 17.4. The Morgan fingerprint density at radius 2 is 1.85 bits per heavy atom. The Morgan fingerprint density at radius 1 is 1.05 bits per heavy atom. The molecule has 1 aliphatic rings. The topological polar surface area (TPSA) is 151 Å². The van der Waals surface area contributed by atoms with Crippen molar-refractivity contribution < 1.29 is 19.1 Å². The monoisotopic (exact) mass is 553 g/mol. The van der Waals surface area contributed by atoms with Crippen molar-refractivity contribution in [2.75, 3.05) is 45.2 Å². The maximum atomic E-state index is 13.5. The molecule has 4 heterocycles. The number of H-pyrrole nitrogens is 1. The van der Waals surface area contributed by atoms with Crippen LogP contribution >= 0.6 is 0 Å². The number of carbonyl (C=O) groups excluding carboxylic acids is 3. The number of benzene rings is 2. The van der Waals surface area contributed by atoms with E-state index < -0.39 is 11.7 Å². The highest BCUT2D eigenvalue weighted by Gasteiger charge is 2.31. The fourth-order valence-electron chi connectivity index (χ4n) is 5.11. The summed E-state index contributed by atoms with van der Waals surface area (Å²) >= 11 is 0. The van der Waals surface area contributed by atoms with Gasteiger partial charge in [-0.05, 0) is 28.8 Å². The van der Waals surface area contributed by atoms with E-state index in [0.717, 1.165) is 16.6 Å². The molecule has 0 aliphatic carbocycles. The number of carbonyl (C=O) groups is 3. The third kappa shape index (κ3) is 4.71. The number of methoxy groups -OCH3 is 1. The van der Waals surface area contributed by atoms with Crippen molar-refractivity contribution >= 4 is 45.1 Å². The minimum absolute atomic E-state index is 0.0877. The van der Waals surface area contributed by atoms with Gasteiger partial charge in [-0.25, -0.2) is 4.98 Å². The van der Waals surface area contributed by atoms with Crippen LogP contribution < -0.4 is 15.0 Å².